The second kappa shape index (κ2) is 5.90. The molecular formula is C14H26N2O3. The summed E-state index contributed by atoms with van der Waals surface area (Å²) in [4.78, 5) is 22.9. The first-order valence-electron chi connectivity index (χ1n) is 6.90. The fourth-order valence-electron chi connectivity index (χ4n) is 2.51. The van der Waals surface area contributed by atoms with Crippen LogP contribution in [-0.2, 0) is 9.59 Å². The Balaban J connectivity index is 2.34. The lowest BCUT2D eigenvalue weighted by atomic mass is 9.69. The molecule has 0 bridgehead atoms. The minimum atomic E-state index is -0.807. The van der Waals surface area contributed by atoms with Crippen molar-refractivity contribution in [2.45, 2.75) is 58.9 Å². The van der Waals surface area contributed by atoms with E-state index in [-0.39, 0.29) is 30.3 Å². The van der Waals surface area contributed by atoms with Gasteiger partial charge in [0.15, 0.2) is 0 Å². The number of carbonyl (C=O) groups is 2. The summed E-state index contributed by atoms with van der Waals surface area (Å²) in [6.07, 6.45) is 3.25. The van der Waals surface area contributed by atoms with E-state index >= 15 is 0 Å². The van der Waals surface area contributed by atoms with Crippen LogP contribution in [0.25, 0.3) is 0 Å². The van der Waals surface area contributed by atoms with Gasteiger partial charge < -0.3 is 16.2 Å². The minimum Gasteiger partial charge on any atom is -0.481 e. The molecule has 0 heterocycles. The van der Waals surface area contributed by atoms with Gasteiger partial charge >= 0.3 is 5.97 Å². The Morgan fingerprint density at radius 2 is 1.95 bits per heavy atom. The zero-order valence-corrected chi connectivity index (χ0v) is 12.2. The van der Waals surface area contributed by atoms with Gasteiger partial charge in [-0.15, -0.1) is 0 Å². The molecule has 1 aliphatic carbocycles. The Bertz CT molecular complexity index is 343. The number of amides is 1. The Morgan fingerprint density at radius 3 is 2.32 bits per heavy atom. The molecule has 19 heavy (non-hydrogen) atoms. The van der Waals surface area contributed by atoms with Crippen LogP contribution in [0.4, 0.5) is 0 Å². The van der Waals surface area contributed by atoms with Gasteiger partial charge in [-0.3, -0.25) is 9.59 Å². The number of nitrogens with two attached hydrogens (primary N) is 1. The number of carboxylic acids is 1. The van der Waals surface area contributed by atoms with Crippen LogP contribution in [0.15, 0.2) is 0 Å². The lowest BCUT2D eigenvalue weighted by molar-refractivity contribution is -0.154. The molecule has 0 aromatic heterocycles. The number of carboxylic acid groups (broad SMARTS) is 1. The predicted octanol–water partition coefficient (Wildman–Crippen LogP) is 1.51. The molecule has 1 saturated carbocycles. The van der Waals surface area contributed by atoms with Crippen molar-refractivity contribution < 1.29 is 14.7 Å². The molecule has 0 aromatic rings. The Hall–Kier alpha value is -1.10. The third-order valence-electron chi connectivity index (χ3n) is 3.71. The van der Waals surface area contributed by atoms with Gasteiger partial charge in [0.25, 0.3) is 0 Å². The average Bonchev–Trinajstić information content (AvgIpc) is 2.11. The van der Waals surface area contributed by atoms with Crippen LogP contribution in [0.2, 0.25) is 0 Å². The van der Waals surface area contributed by atoms with Gasteiger partial charge in [0.05, 0.1) is 5.41 Å². The summed E-state index contributed by atoms with van der Waals surface area (Å²) in [6.45, 7) is 6.47. The van der Waals surface area contributed by atoms with Crippen molar-refractivity contribution in [3.63, 3.8) is 0 Å². The molecule has 4 N–H and O–H groups in total. The van der Waals surface area contributed by atoms with Crippen LogP contribution in [0.1, 0.15) is 52.9 Å². The molecule has 5 nitrogen and oxygen atoms in total. The molecule has 1 fully saturated rings. The van der Waals surface area contributed by atoms with Crippen LogP contribution < -0.4 is 11.1 Å². The Kier molecular flexibility index (Phi) is 4.96. The molecule has 0 spiro atoms. The molecule has 0 saturated heterocycles. The zero-order chi connectivity index (χ0) is 14.7. The molecule has 0 aromatic carbocycles. The van der Waals surface area contributed by atoms with Gasteiger partial charge in [-0.25, -0.2) is 0 Å². The molecule has 0 aliphatic heterocycles. The fraction of sp³-hybridized carbons (Fsp3) is 0.857. The molecule has 5 heteroatoms. The third-order valence-corrected chi connectivity index (χ3v) is 3.71. The van der Waals surface area contributed by atoms with Crippen molar-refractivity contribution in [3.05, 3.63) is 0 Å². The highest BCUT2D eigenvalue weighted by atomic mass is 16.4. The van der Waals surface area contributed by atoms with E-state index in [4.69, 9.17) is 10.8 Å². The van der Waals surface area contributed by atoms with Crippen LogP contribution in [0.3, 0.4) is 0 Å². The minimum absolute atomic E-state index is 0.0932. The summed E-state index contributed by atoms with van der Waals surface area (Å²) in [7, 11) is 0. The molecule has 1 atom stereocenters. The SMILES string of the molecule is CC(C)(C)CC(N)CC(=O)NCC1(C(=O)O)CCC1. The second-order valence-electron chi connectivity index (χ2n) is 6.94. The number of hydrogen-bond donors (Lipinski definition) is 3. The number of aliphatic carboxylic acids is 1. The molecular weight excluding hydrogens is 244 g/mol. The van der Waals surface area contributed by atoms with E-state index in [0.29, 0.717) is 12.8 Å². The lowest BCUT2D eigenvalue weighted by Crippen LogP contribution is -2.48. The van der Waals surface area contributed by atoms with Gasteiger partial charge in [0.2, 0.25) is 5.91 Å². The van der Waals surface area contributed by atoms with Crippen molar-refractivity contribution in [1.29, 1.82) is 0 Å². The summed E-state index contributed by atoms with van der Waals surface area (Å²) in [5.41, 5.74) is 5.29. The first-order valence-corrected chi connectivity index (χ1v) is 6.90. The number of rotatable bonds is 6. The van der Waals surface area contributed by atoms with E-state index < -0.39 is 11.4 Å². The molecule has 1 unspecified atom stereocenters. The maximum absolute atomic E-state index is 11.8. The standard InChI is InChI=1S/C14H26N2O3/c1-13(2,3)8-10(15)7-11(17)16-9-14(12(18)19)5-4-6-14/h10H,4-9,15H2,1-3H3,(H,16,17)(H,18,19). The number of carbonyl (C=O) groups excluding carboxylic acids is 1. The monoisotopic (exact) mass is 270 g/mol. The fourth-order valence-corrected chi connectivity index (χ4v) is 2.51. The van der Waals surface area contributed by atoms with Gasteiger partial charge in [0.1, 0.15) is 0 Å². The van der Waals surface area contributed by atoms with Crippen molar-refractivity contribution in [2.75, 3.05) is 6.54 Å². The Morgan fingerprint density at radius 1 is 1.37 bits per heavy atom. The largest absolute Gasteiger partial charge is 0.481 e. The van der Waals surface area contributed by atoms with E-state index in [0.717, 1.165) is 12.8 Å². The maximum atomic E-state index is 11.8. The highest BCUT2D eigenvalue weighted by molar-refractivity contribution is 5.80. The lowest BCUT2D eigenvalue weighted by Gasteiger charge is -2.37. The summed E-state index contributed by atoms with van der Waals surface area (Å²) in [5.74, 6) is -0.956. The van der Waals surface area contributed by atoms with Crippen molar-refractivity contribution in [2.24, 2.45) is 16.6 Å². The van der Waals surface area contributed by atoms with Crippen LogP contribution in [0.5, 0.6) is 0 Å². The second-order valence-corrected chi connectivity index (χ2v) is 6.94. The van der Waals surface area contributed by atoms with Crippen molar-refractivity contribution >= 4 is 11.9 Å². The summed E-state index contributed by atoms with van der Waals surface area (Å²) in [6, 6.07) is -0.179. The maximum Gasteiger partial charge on any atom is 0.311 e. The topological polar surface area (TPSA) is 92.4 Å². The average molecular weight is 270 g/mol. The smallest absolute Gasteiger partial charge is 0.311 e. The van der Waals surface area contributed by atoms with Gasteiger partial charge in [0, 0.05) is 19.0 Å². The first kappa shape index (κ1) is 16.0. The van der Waals surface area contributed by atoms with E-state index in [1.807, 2.05) is 0 Å². The summed E-state index contributed by atoms with van der Waals surface area (Å²) in [5, 5.41) is 11.9. The zero-order valence-electron chi connectivity index (χ0n) is 12.2. The van der Waals surface area contributed by atoms with E-state index in [9.17, 15) is 9.59 Å². The summed E-state index contributed by atoms with van der Waals surface area (Å²) >= 11 is 0. The van der Waals surface area contributed by atoms with Gasteiger partial charge in [-0.05, 0) is 24.7 Å². The van der Waals surface area contributed by atoms with E-state index in [2.05, 4.69) is 26.1 Å². The van der Waals surface area contributed by atoms with E-state index in [1.165, 1.54) is 0 Å². The molecule has 1 aliphatic rings. The van der Waals surface area contributed by atoms with Crippen LogP contribution in [0, 0.1) is 10.8 Å². The van der Waals surface area contributed by atoms with Crippen molar-refractivity contribution in [3.8, 4) is 0 Å². The number of hydrogen-bond acceptors (Lipinski definition) is 3. The van der Waals surface area contributed by atoms with Crippen molar-refractivity contribution in [1.82, 2.24) is 5.32 Å². The predicted molar refractivity (Wildman–Crippen MR) is 73.6 cm³/mol. The molecule has 0 radical (unpaired) electrons. The number of nitrogens with one attached hydrogen (secondary N) is 1. The van der Waals surface area contributed by atoms with Gasteiger partial charge in [-0.1, -0.05) is 27.2 Å². The Labute approximate surface area is 114 Å². The summed E-state index contributed by atoms with van der Waals surface area (Å²) < 4.78 is 0. The highest BCUT2D eigenvalue weighted by Gasteiger charge is 2.44. The van der Waals surface area contributed by atoms with E-state index in [1.54, 1.807) is 0 Å². The van der Waals surface area contributed by atoms with Crippen LogP contribution in [-0.4, -0.2) is 29.6 Å². The quantitative estimate of drug-likeness (QED) is 0.682. The third kappa shape index (κ3) is 4.82. The highest BCUT2D eigenvalue weighted by Crippen LogP contribution is 2.40. The molecule has 1 rings (SSSR count). The molecule has 110 valence electrons. The van der Waals surface area contributed by atoms with Gasteiger partial charge in [-0.2, -0.15) is 0 Å². The normalized spacial score (nSPS) is 19.4. The van der Waals surface area contributed by atoms with Crippen LogP contribution >= 0.6 is 0 Å². The molecule has 1 amide bonds. The first-order chi connectivity index (χ1) is 8.65.